The van der Waals surface area contributed by atoms with Crippen LogP contribution >= 0.6 is 0 Å². The summed E-state index contributed by atoms with van der Waals surface area (Å²) in [6, 6.07) is 5.59. The number of ether oxygens (including phenoxy) is 1. The molecule has 0 bridgehead atoms. The Hall–Kier alpha value is -2.34. The number of benzene rings is 1. The number of rotatable bonds is 5. The fourth-order valence-electron chi connectivity index (χ4n) is 3.94. The highest BCUT2D eigenvalue weighted by Crippen LogP contribution is 2.30. The van der Waals surface area contributed by atoms with E-state index in [0.29, 0.717) is 13.1 Å². The number of nitrogens with zero attached hydrogens (tertiary/aromatic N) is 2. The molecular formula is C20H27N3O3. The number of aryl methyl sites for hydroxylation is 1. The zero-order valence-electron chi connectivity index (χ0n) is 15.9. The SMILES string of the molecule is COc1ccc2c(c1)c(C(=O)C(C)N1CCC(C(N)=O)CC1)c(C)n2C. The van der Waals surface area contributed by atoms with Gasteiger partial charge in [-0.05, 0) is 58.0 Å². The Morgan fingerprint density at radius 3 is 2.50 bits per heavy atom. The largest absolute Gasteiger partial charge is 0.497 e. The van der Waals surface area contributed by atoms with E-state index in [4.69, 9.17) is 10.5 Å². The molecule has 0 spiro atoms. The Bertz CT molecular complexity index is 848. The Morgan fingerprint density at radius 1 is 1.27 bits per heavy atom. The number of methoxy groups -OCH3 is 1. The number of Topliss-reactive ketones (excluding diaryl/α,β-unsaturated/α-hetero) is 1. The molecule has 1 atom stereocenters. The number of hydrogen-bond donors (Lipinski definition) is 1. The van der Waals surface area contributed by atoms with E-state index in [-0.39, 0.29) is 23.7 Å². The summed E-state index contributed by atoms with van der Waals surface area (Å²) in [5, 5.41) is 0.924. The van der Waals surface area contributed by atoms with Gasteiger partial charge in [0.05, 0.1) is 13.2 Å². The van der Waals surface area contributed by atoms with Crippen LogP contribution in [0.25, 0.3) is 10.9 Å². The molecule has 1 aliphatic heterocycles. The number of hydrogen-bond acceptors (Lipinski definition) is 4. The lowest BCUT2D eigenvalue weighted by Gasteiger charge is -2.34. The van der Waals surface area contributed by atoms with E-state index in [9.17, 15) is 9.59 Å². The minimum Gasteiger partial charge on any atom is -0.497 e. The highest BCUT2D eigenvalue weighted by Gasteiger charge is 2.31. The second-order valence-electron chi connectivity index (χ2n) is 7.16. The van der Waals surface area contributed by atoms with Crippen molar-refractivity contribution in [1.29, 1.82) is 0 Å². The van der Waals surface area contributed by atoms with Crippen LogP contribution in [0.1, 0.15) is 35.8 Å². The maximum absolute atomic E-state index is 13.3. The first kappa shape index (κ1) is 18.5. The summed E-state index contributed by atoms with van der Waals surface area (Å²) in [6.07, 6.45) is 1.44. The summed E-state index contributed by atoms with van der Waals surface area (Å²) < 4.78 is 7.39. The molecule has 140 valence electrons. The van der Waals surface area contributed by atoms with Crippen molar-refractivity contribution in [1.82, 2.24) is 9.47 Å². The van der Waals surface area contributed by atoms with Gasteiger partial charge in [0.1, 0.15) is 5.75 Å². The lowest BCUT2D eigenvalue weighted by Crippen LogP contribution is -2.46. The van der Waals surface area contributed by atoms with E-state index < -0.39 is 0 Å². The molecule has 6 heteroatoms. The number of carbonyl (C=O) groups excluding carboxylic acids is 2. The number of aromatic nitrogens is 1. The van der Waals surface area contributed by atoms with Crippen molar-refractivity contribution in [3.05, 3.63) is 29.5 Å². The Labute approximate surface area is 153 Å². The van der Waals surface area contributed by atoms with Gasteiger partial charge in [-0.3, -0.25) is 14.5 Å². The van der Waals surface area contributed by atoms with Crippen LogP contribution in [0.5, 0.6) is 5.75 Å². The van der Waals surface area contributed by atoms with Gasteiger partial charge in [-0.15, -0.1) is 0 Å². The van der Waals surface area contributed by atoms with Crippen molar-refractivity contribution >= 4 is 22.6 Å². The summed E-state index contributed by atoms with van der Waals surface area (Å²) >= 11 is 0. The number of carbonyl (C=O) groups is 2. The second-order valence-corrected chi connectivity index (χ2v) is 7.16. The van der Waals surface area contributed by atoms with Gasteiger partial charge in [0.15, 0.2) is 5.78 Å². The molecule has 2 aromatic rings. The van der Waals surface area contributed by atoms with Gasteiger partial charge in [0, 0.05) is 35.1 Å². The van der Waals surface area contributed by atoms with E-state index >= 15 is 0 Å². The molecule has 1 aliphatic rings. The third-order valence-corrected chi connectivity index (χ3v) is 5.80. The average molecular weight is 357 g/mol. The normalized spacial score (nSPS) is 17.4. The molecule has 0 radical (unpaired) electrons. The quantitative estimate of drug-likeness (QED) is 0.833. The third-order valence-electron chi connectivity index (χ3n) is 5.80. The zero-order valence-corrected chi connectivity index (χ0v) is 15.9. The van der Waals surface area contributed by atoms with Gasteiger partial charge in [-0.2, -0.15) is 0 Å². The monoisotopic (exact) mass is 357 g/mol. The summed E-state index contributed by atoms with van der Waals surface area (Å²) in [7, 11) is 3.61. The highest BCUT2D eigenvalue weighted by molar-refractivity contribution is 6.12. The van der Waals surface area contributed by atoms with E-state index in [1.165, 1.54) is 0 Å². The van der Waals surface area contributed by atoms with Crippen molar-refractivity contribution < 1.29 is 14.3 Å². The molecule has 1 unspecified atom stereocenters. The molecule has 3 rings (SSSR count). The fraction of sp³-hybridized carbons (Fsp3) is 0.500. The van der Waals surface area contributed by atoms with Crippen LogP contribution in [0, 0.1) is 12.8 Å². The second kappa shape index (κ2) is 7.11. The van der Waals surface area contributed by atoms with Crippen molar-refractivity contribution in [3.8, 4) is 5.75 Å². The first-order valence-electron chi connectivity index (χ1n) is 9.05. The van der Waals surface area contributed by atoms with Crippen molar-refractivity contribution in [2.75, 3.05) is 20.2 Å². The lowest BCUT2D eigenvalue weighted by atomic mass is 9.93. The molecule has 1 saturated heterocycles. The van der Waals surface area contributed by atoms with Crippen LogP contribution < -0.4 is 10.5 Å². The zero-order chi connectivity index (χ0) is 19.0. The first-order chi connectivity index (χ1) is 12.3. The molecule has 6 nitrogen and oxygen atoms in total. The average Bonchev–Trinajstić information content (AvgIpc) is 2.90. The van der Waals surface area contributed by atoms with Crippen molar-refractivity contribution in [3.63, 3.8) is 0 Å². The predicted octanol–water partition coefficient (Wildman–Crippen LogP) is 2.26. The summed E-state index contributed by atoms with van der Waals surface area (Å²) in [5.74, 6) is 0.545. The molecule has 1 aromatic heterocycles. The molecule has 1 fully saturated rings. The van der Waals surface area contributed by atoms with Crippen LogP contribution in [0.3, 0.4) is 0 Å². The molecule has 0 aliphatic carbocycles. The number of likely N-dealkylation sites (tertiary alicyclic amines) is 1. The molecule has 2 heterocycles. The van der Waals surface area contributed by atoms with Gasteiger partial charge in [0.2, 0.25) is 5.91 Å². The number of primary amides is 1. The maximum Gasteiger partial charge on any atom is 0.220 e. The van der Waals surface area contributed by atoms with E-state index in [1.54, 1.807) is 7.11 Å². The Balaban J connectivity index is 1.90. The third kappa shape index (κ3) is 3.09. The minimum absolute atomic E-state index is 0.0721. The van der Waals surface area contributed by atoms with Gasteiger partial charge in [-0.1, -0.05) is 0 Å². The number of amides is 1. The van der Waals surface area contributed by atoms with Gasteiger partial charge < -0.3 is 15.0 Å². The van der Waals surface area contributed by atoms with Crippen LogP contribution in [0.15, 0.2) is 18.2 Å². The minimum atomic E-state index is -0.237. The van der Waals surface area contributed by atoms with Gasteiger partial charge >= 0.3 is 0 Å². The van der Waals surface area contributed by atoms with Crippen molar-refractivity contribution in [2.45, 2.75) is 32.7 Å². The number of fused-ring (bicyclic) bond motifs is 1. The molecular weight excluding hydrogens is 330 g/mol. The lowest BCUT2D eigenvalue weighted by molar-refractivity contribution is -0.123. The van der Waals surface area contributed by atoms with Crippen molar-refractivity contribution in [2.24, 2.45) is 18.7 Å². The van der Waals surface area contributed by atoms with Crippen LogP contribution in [-0.2, 0) is 11.8 Å². The topological polar surface area (TPSA) is 77.6 Å². The Morgan fingerprint density at radius 2 is 1.92 bits per heavy atom. The van der Waals surface area contributed by atoms with E-state index in [1.807, 2.05) is 43.7 Å². The number of piperidine rings is 1. The van der Waals surface area contributed by atoms with Gasteiger partial charge in [0.25, 0.3) is 0 Å². The predicted molar refractivity (Wildman–Crippen MR) is 101 cm³/mol. The smallest absolute Gasteiger partial charge is 0.220 e. The molecule has 0 saturated carbocycles. The van der Waals surface area contributed by atoms with E-state index in [0.717, 1.165) is 40.8 Å². The van der Waals surface area contributed by atoms with Gasteiger partial charge in [-0.25, -0.2) is 0 Å². The molecule has 1 aromatic carbocycles. The molecule has 1 amide bonds. The molecule has 2 N–H and O–H groups in total. The summed E-state index contributed by atoms with van der Waals surface area (Å²) in [4.78, 5) is 26.8. The first-order valence-corrected chi connectivity index (χ1v) is 9.05. The maximum atomic E-state index is 13.3. The number of ketones is 1. The van der Waals surface area contributed by atoms with E-state index in [2.05, 4.69) is 4.90 Å². The molecule has 26 heavy (non-hydrogen) atoms. The van der Waals surface area contributed by atoms with Crippen LogP contribution in [0.2, 0.25) is 0 Å². The highest BCUT2D eigenvalue weighted by atomic mass is 16.5. The fourth-order valence-corrected chi connectivity index (χ4v) is 3.94. The summed E-state index contributed by atoms with van der Waals surface area (Å²) in [6.45, 7) is 5.36. The number of nitrogens with two attached hydrogens (primary N) is 1. The Kier molecular flexibility index (Phi) is 5.05. The van der Waals surface area contributed by atoms with Crippen LogP contribution in [0.4, 0.5) is 0 Å². The summed E-state index contributed by atoms with van der Waals surface area (Å²) in [5.41, 5.74) is 8.14. The standard InChI is InChI=1S/C20H27N3O3/c1-12-18(16-11-15(26-4)5-6-17(16)22(12)3)19(24)13(2)23-9-7-14(8-10-23)20(21)25/h5-6,11,13-14H,7-10H2,1-4H3,(H2,21,25). The van der Waals surface area contributed by atoms with Crippen LogP contribution in [-0.4, -0.2) is 47.4 Å².